The van der Waals surface area contributed by atoms with Crippen molar-refractivity contribution in [1.82, 2.24) is 10.2 Å². The van der Waals surface area contributed by atoms with Gasteiger partial charge < -0.3 is 45.9 Å². The van der Waals surface area contributed by atoms with E-state index in [4.69, 9.17) is 31.9 Å². The van der Waals surface area contributed by atoms with Crippen molar-refractivity contribution in [3.05, 3.63) is 35.9 Å². The number of aliphatic carboxylic acids is 1. The maximum absolute atomic E-state index is 12.9. The third kappa shape index (κ3) is 4.77. The van der Waals surface area contributed by atoms with Crippen LogP contribution in [0.4, 0.5) is 0 Å². The zero-order valence-corrected chi connectivity index (χ0v) is 20.0. The average molecular weight is 546 g/mol. The first kappa shape index (κ1) is 26.6. The van der Waals surface area contributed by atoms with Gasteiger partial charge in [0.1, 0.15) is 41.8 Å². The van der Waals surface area contributed by atoms with Crippen LogP contribution in [0.25, 0.3) is 0 Å². The zero-order valence-electron chi connectivity index (χ0n) is 18.4. The molecule has 0 spiro atoms. The molecule has 3 heterocycles. The van der Waals surface area contributed by atoms with Gasteiger partial charge in [0.25, 0.3) is 0 Å². The number of carbonyl (C=O) groups excluding carboxylic acids is 3. The number of carboxylic acids is 1. The molecule has 36 heavy (non-hydrogen) atoms. The Morgan fingerprint density at radius 2 is 1.83 bits per heavy atom. The molecular formula is C21H24ClN3O10S. The summed E-state index contributed by atoms with van der Waals surface area (Å²) < 4.78 is 10.0. The number of fused-ring (bicyclic) bond motifs is 1. The molecule has 4 rings (SSSR count). The van der Waals surface area contributed by atoms with E-state index >= 15 is 0 Å². The predicted molar refractivity (Wildman–Crippen MR) is 122 cm³/mol. The van der Waals surface area contributed by atoms with Gasteiger partial charge in [-0.25, -0.2) is 9.59 Å². The van der Waals surface area contributed by atoms with Gasteiger partial charge in [-0.1, -0.05) is 30.3 Å². The highest BCUT2D eigenvalue weighted by molar-refractivity contribution is 8.00. The van der Waals surface area contributed by atoms with Gasteiger partial charge in [0.05, 0.1) is 5.38 Å². The molecule has 2 amide bonds. The van der Waals surface area contributed by atoms with Gasteiger partial charge >= 0.3 is 11.9 Å². The molecule has 3 aliphatic rings. The molecule has 0 saturated carbocycles. The van der Waals surface area contributed by atoms with Crippen LogP contribution in [0.5, 0.6) is 0 Å². The Hall–Kier alpha value is -2.46. The second kappa shape index (κ2) is 10.5. The molecule has 15 heteroatoms. The van der Waals surface area contributed by atoms with Gasteiger partial charge in [0.15, 0.2) is 6.10 Å². The van der Waals surface area contributed by atoms with Crippen LogP contribution in [0.1, 0.15) is 11.6 Å². The Morgan fingerprint density at radius 1 is 1.17 bits per heavy atom. The van der Waals surface area contributed by atoms with Crippen LogP contribution in [-0.2, 0) is 28.7 Å². The summed E-state index contributed by atoms with van der Waals surface area (Å²) in [5, 5.41) is 40.0. The highest BCUT2D eigenvalue weighted by atomic mass is 35.5. The van der Waals surface area contributed by atoms with Crippen molar-refractivity contribution in [2.75, 3.05) is 5.75 Å². The first-order valence-electron chi connectivity index (χ1n) is 10.8. The number of benzene rings is 1. The van der Waals surface area contributed by atoms with Gasteiger partial charge in [-0.3, -0.25) is 9.59 Å². The van der Waals surface area contributed by atoms with E-state index in [1.54, 1.807) is 30.3 Å². The van der Waals surface area contributed by atoms with E-state index in [1.807, 2.05) is 0 Å². The Balaban J connectivity index is 1.43. The molecule has 3 saturated heterocycles. The smallest absolute Gasteiger partial charge is 0.335 e. The highest BCUT2D eigenvalue weighted by Crippen LogP contribution is 2.40. The number of rotatable bonds is 6. The Kier molecular flexibility index (Phi) is 7.75. The van der Waals surface area contributed by atoms with Crippen molar-refractivity contribution in [3.8, 4) is 0 Å². The van der Waals surface area contributed by atoms with Crippen LogP contribution < -0.4 is 11.1 Å². The van der Waals surface area contributed by atoms with Crippen molar-refractivity contribution in [2.45, 2.75) is 59.6 Å². The number of hydrogen-bond donors (Lipinski definition) is 6. The van der Waals surface area contributed by atoms with E-state index < -0.39 is 83.3 Å². The number of carboxylic acid groups (broad SMARTS) is 1. The van der Waals surface area contributed by atoms with E-state index in [0.717, 1.165) is 4.90 Å². The summed E-state index contributed by atoms with van der Waals surface area (Å²) in [6.07, 6.45) is -9.81. The maximum Gasteiger partial charge on any atom is 0.335 e. The largest absolute Gasteiger partial charge is 0.479 e. The lowest BCUT2D eigenvalue weighted by atomic mass is 9.98. The normalized spacial score (nSPS) is 36.8. The average Bonchev–Trinajstić information content (AvgIpc) is 2.86. The minimum atomic E-state index is -1.97. The number of alkyl halides is 1. The van der Waals surface area contributed by atoms with Crippen LogP contribution in [0.3, 0.4) is 0 Å². The number of hydrogen-bond acceptors (Lipinski definition) is 11. The second-order valence-corrected chi connectivity index (χ2v) is 10.2. The summed E-state index contributed by atoms with van der Waals surface area (Å²) in [6, 6.07) is 5.22. The molecule has 1 aromatic carbocycles. The summed E-state index contributed by atoms with van der Waals surface area (Å²) in [5.74, 6) is -3.77. The Labute approximate surface area is 213 Å². The number of esters is 1. The zero-order chi connectivity index (χ0) is 26.3. The number of nitrogens with two attached hydrogens (primary N) is 1. The molecule has 10 atom stereocenters. The van der Waals surface area contributed by atoms with Crippen LogP contribution in [0.2, 0.25) is 0 Å². The van der Waals surface area contributed by atoms with Crippen molar-refractivity contribution >= 4 is 47.1 Å². The quantitative estimate of drug-likeness (QED) is 0.124. The van der Waals surface area contributed by atoms with Crippen LogP contribution >= 0.6 is 23.4 Å². The fraction of sp³-hybridized carbons (Fsp3) is 0.524. The molecular weight excluding hydrogens is 522 g/mol. The summed E-state index contributed by atoms with van der Waals surface area (Å²) in [5.41, 5.74) is 6.54. The fourth-order valence-electron chi connectivity index (χ4n) is 4.20. The second-order valence-electron chi connectivity index (χ2n) is 8.48. The summed E-state index contributed by atoms with van der Waals surface area (Å²) in [6.45, 7) is 0. The number of β-lactam (4-membered cyclic amide) rings is 1. The molecule has 0 bridgehead atoms. The molecule has 196 valence electrons. The van der Waals surface area contributed by atoms with Crippen LogP contribution in [0.15, 0.2) is 30.3 Å². The Bertz CT molecular complexity index is 1030. The molecule has 0 radical (unpaired) electrons. The van der Waals surface area contributed by atoms with Gasteiger partial charge in [0, 0.05) is 5.75 Å². The molecule has 7 N–H and O–H groups in total. The fourth-order valence-corrected chi connectivity index (χ4v) is 5.98. The number of nitrogens with zero attached hydrogens (tertiary/aromatic N) is 1. The van der Waals surface area contributed by atoms with E-state index in [1.165, 1.54) is 11.8 Å². The molecule has 0 aromatic heterocycles. The summed E-state index contributed by atoms with van der Waals surface area (Å²) in [4.78, 5) is 50.9. The molecule has 1 aromatic rings. The number of aliphatic hydroxyl groups excluding tert-OH is 3. The number of halogens is 1. The van der Waals surface area contributed by atoms with Crippen molar-refractivity contribution < 1.29 is 49.1 Å². The van der Waals surface area contributed by atoms with Gasteiger partial charge in [-0.05, 0) is 5.56 Å². The lowest BCUT2D eigenvalue weighted by Crippen LogP contribution is -2.76. The van der Waals surface area contributed by atoms with Crippen LogP contribution in [0, 0.1) is 0 Å². The number of carbonyl (C=O) groups is 4. The third-order valence-corrected chi connectivity index (χ3v) is 8.14. The van der Waals surface area contributed by atoms with Crippen molar-refractivity contribution in [2.24, 2.45) is 5.73 Å². The highest BCUT2D eigenvalue weighted by Gasteiger charge is 2.59. The summed E-state index contributed by atoms with van der Waals surface area (Å²) >= 11 is 7.53. The number of nitrogens with one attached hydrogen (secondary N) is 1. The first-order valence-corrected chi connectivity index (χ1v) is 12.3. The van der Waals surface area contributed by atoms with Gasteiger partial charge in [-0.15, -0.1) is 23.4 Å². The van der Waals surface area contributed by atoms with E-state index in [0.29, 0.717) is 5.56 Å². The van der Waals surface area contributed by atoms with Crippen LogP contribution in [-0.4, -0.2) is 108 Å². The van der Waals surface area contributed by atoms with Gasteiger partial charge in [0.2, 0.25) is 18.1 Å². The Morgan fingerprint density at radius 3 is 2.47 bits per heavy atom. The molecule has 7 unspecified atom stereocenters. The number of amides is 2. The third-order valence-electron chi connectivity index (χ3n) is 6.17. The van der Waals surface area contributed by atoms with E-state index in [2.05, 4.69) is 5.32 Å². The standard InChI is InChI=1S/C21H24ClN3O10S/c22-8-6-36-18-10(24-16(29)9(23)7-4-2-1-3-5-7)17(30)25(18)11(8)20(33)35-21-14(28)12(26)13(27)15(34-21)19(31)32/h1-5,8-15,18,21,26-28H,6,23H2,(H,24,29)(H,31,32)/t8?,9-,10-,11?,12?,13?,14?,15?,18-,21?/m1/s1. The topological polar surface area (TPSA) is 209 Å². The number of thioether (sulfide) groups is 1. The molecule has 3 fully saturated rings. The number of ether oxygens (including phenoxy) is 2. The molecule has 3 aliphatic heterocycles. The molecule has 0 aliphatic carbocycles. The predicted octanol–water partition coefficient (Wildman–Crippen LogP) is -2.50. The molecule has 13 nitrogen and oxygen atoms in total. The summed E-state index contributed by atoms with van der Waals surface area (Å²) in [7, 11) is 0. The van der Waals surface area contributed by atoms with E-state index in [9.17, 15) is 34.5 Å². The minimum Gasteiger partial charge on any atom is -0.479 e. The number of aliphatic hydroxyl groups is 3. The maximum atomic E-state index is 12.9. The van der Waals surface area contributed by atoms with E-state index in [-0.39, 0.29) is 5.75 Å². The lowest BCUT2D eigenvalue weighted by molar-refractivity contribution is -0.287. The van der Waals surface area contributed by atoms with Crippen molar-refractivity contribution in [3.63, 3.8) is 0 Å². The van der Waals surface area contributed by atoms with Crippen molar-refractivity contribution in [1.29, 1.82) is 0 Å². The first-order chi connectivity index (χ1) is 17.0. The van der Waals surface area contributed by atoms with Gasteiger partial charge in [-0.2, -0.15) is 0 Å². The lowest BCUT2D eigenvalue weighted by Gasteiger charge is -2.53. The monoisotopic (exact) mass is 545 g/mol. The SMILES string of the molecule is N[C@@H](C(=O)N[C@@H]1C(=O)N2C(C(=O)OC3OC(C(=O)O)C(O)C(O)C3O)C(Cl)CS[C@H]12)c1ccccc1. The minimum absolute atomic E-state index is 0.194.